The third-order valence-electron chi connectivity index (χ3n) is 2.15. The molecule has 0 spiro atoms. The van der Waals surface area contributed by atoms with E-state index in [1.807, 2.05) is 13.8 Å². The number of hydrogen-bond donors (Lipinski definition) is 2. The molecule has 7 heteroatoms. The van der Waals surface area contributed by atoms with Crippen LogP contribution in [-0.2, 0) is 9.59 Å². The van der Waals surface area contributed by atoms with Crippen LogP contribution in [0.15, 0.2) is 23.3 Å². The van der Waals surface area contributed by atoms with Crippen LogP contribution in [0, 0.1) is 0 Å². The van der Waals surface area contributed by atoms with Crippen molar-refractivity contribution in [1.29, 1.82) is 0 Å². The highest BCUT2D eigenvalue weighted by atomic mass is 35.5. The molecule has 0 aromatic heterocycles. The van der Waals surface area contributed by atoms with Gasteiger partial charge in [0.2, 0.25) is 11.8 Å². The van der Waals surface area contributed by atoms with E-state index in [0.29, 0.717) is 15.6 Å². The van der Waals surface area contributed by atoms with Gasteiger partial charge in [-0.05, 0) is 26.0 Å². The van der Waals surface area contributed by atoms with Crippen LogP contribution in [0.4, 0.5) is 0 Å². The van der Waals surface area contributed by atoms with E-state index in [4.69, 9.17) is 23.2 Å². The molecule has 20 heavy (non-hydrogen) atoms. The zero-order valence-corrected chi connectivity index (χ0v) is 12.6. The van der Waals surface area contributed by atoms with Crippen molar-refractivity contribution in [1.82, 2.24) is 10.7 Å². The first-order valence-electron chi connectivity index (χ1n) is 5.95. The maximum atomic E-state index is 11.4. The van der Waals surface area contributed by atoms with E-state index in [2.05, 4.69) is 15.8 Å². The van der Waals surface area contributed by atoms with Crippen molar-refractivity contribution < 1.29 is 9.59 Å². The minimum atomic E-state index is -0.512. The Kier molecular flexibility index (Phi) is 6.48. The Bertz CT molecular complexity index is 510. The smallest absolute Gasteiger partial charge is 0.249 e. The Morgan fingerprint density at radius 3 is 2.40 bits per heavy atom. The predicted octanol–water partition coefficient (Wildman–Crippen LogP) is 2.36. The van der Waals surface area contributed by atoms with Gasteiger partial charge in [0.05, 0.1) is 16.3 Å². The molecule has 0 aliphatic heterocycles. The Morgan fingerprint density at radius 1 is 1.25 bits per heavy atom. The SMILES string of the molecule is CC(C)NC(=O)CC(=O)N/N=C\c1c(Cl)cccc1Cl. The van der Waals surface area contributed by atoms with E-state index < -0.39 is 5.91 Å². The summed E-state index contributed by atoms with van der Waals surface area (Å²) in [6.45, 7) is 3.63. The number of nitrogens with one attached hydrogen (secondary N) is 2. The summed E-state index contributed by atoms with van der Waals surface area (Å²) >= 11 is 11.9. The zero-order valence-electron chi connectivity index (χ0n) is 11.1. The first-order valence-corrected chi connectivity index (χ1v) is 6.71. The Hall–Kier alpha value is -1.59. The van der Waals surface area contributed by atoms with Crippen molar-refractivity contribution in [3.63, 3.8) is 0 Å². The van der Waals surface area contributed by atoms with Crippen LogP contribution in [0.3, 0.4) is 0 Å². The molecule has 1 aromatic carbocycles. The van der Waals surface area contributed by atoms with E-state index in [-0.39, 0.29) is 18.4 Å². The molecule has 1 aromatic rings. The summed E-state index contributed by atoms with van der Waals surface area (Å²) in [6, 6.07) is 5.01. The van der Waals surface area contributed by atoms with Crippen molar-refractivity contribution in [2.45, 2.75) is 26.3 Å². The average molecular weight is 316 g/mol. The molecule has 0 saturated heterocycles. The van der Waals surface area contributed by atoms with Crippen molar-refractivity contribution in [3.05, 3.63) is 33.8 Å². The van der Waals surface area contributed by atoms with Gasteiger partial charge in [-0.2, -0.15) is 5.10 Å². The third-order valence-corrected chi connectivity index (χ3v) is 2.81. The first kappa shape index (κ1) is 16.5. The van der Waals surface area contributed by atoms with Crippen molar-refractivity contribution >= 4 is 41.2 Å². The summed E-state index contributed by atoms with van der Waals surface area (Å²) in [4.78, 5) is 22.8. The van der Waals surface area contributed by atoms with E-state index in [0.717, 1.165) is 0 Å². The molecular weight excluding hydrogens is 301 g/mol. The third kappa shape index (κ3) is 5.59. The number of benzene rings is 1. The topological polar surface area (TPSA) is 70.6 Å². The number of hydrazone groups is 1. The molecule has 0 fully saturated rings. The second-order valence-corrected chi connectivity index (χ2v) is 5.14. The van der Waals surface area contributed by atoms with E-state index in [9.17, 15) is 9.59 Å². The summed E-state index contributed by atoms with van der Waals surface area (Å²) < 4.78 is 0. The van der Waals surface area contributed by atoms with Gasteiger partial charge in [0.15, 0.2) is 0 Å². The van der Waals surface area contributed by atoms with E-state index in [1.54, 1.807) is 18.2 Å². The molecule has 2 N–H and O–H groups in total. The summed E-state index contributed by atoms with van der Waals surface area (Å²) in [7, 11) is 0. The van der Waals surface area contributed by atoms with Gasteiger partial charge >= 0.3 is 0 Å². The van der Waals surface area contributed by atoms with Crippen LogP contribution in [-0.4, -0.2) is 24.1 Å². The molecule has 5 nitrogen and oxygen atoms in total. The summed E-state index contributed by atoms with van der Waals surface area (Å²) in [6.07, 6.45) is 1.05. The Balaban J connectivity index is 2.52. The largest absolute Gasteiger partial charge is 0.353 e. The predicted molar refractivity (Wildman–Crippen MR) is 80.1 cm³/mol. The highest BCUT2D eigenvalue weighted by Gasteiger charge is 2.09. The number of hydrogen-bond acceptors (Lipinski definition) is 3. The van der Waals surface area contributed by atoms with Gasteiger partial charge in [-0.3, -0.25) is 9.59 Å². The molecule has 1 rings (SSSR count). The molecule has 108 valence electrons. The number of amides is 2. The van der Waals surface area contributed by atoms with E-state index >= 15 is 0 Å². The standard InChI is InChI=1S/C13H15Cl2N3O2/c1-8(2)17-12(19)6-13(20)18-16-7-9-10(14)4-3-5-11(9)15/h3-5,7-8H,6H2,1-2H3,(H,17,19)(H,18,20)/b16-7-. The molecule has 0 radical (unpaired) electrons. The fourth-order valence-electron chi connectivity index (χ4n) is 1.36. The van der Waals surface area contributed by atoms with Gasteiger partial charge in [-0.15, -0.1) is 0 Å². The summed E-state index contributed by atoms with van der Waals surface area (Å²) in [5.74, 6) is -0.869. The number of carbonyl (C=O) groups excluding carboxylic acids is 2. The number of nitrogens with zero attached hydrogens (tertiary/aromatic N) is 1. The molecule has 0 saturated carbocycles. The average Bonchev–Trinajstić information content (AvgIpc) is 2.31. The van der Waals surface area contributed by atoms with Gasteiger partial charge in [0.25, 0.3) is 0 Å². The second kappa shape index (κ2) is 7.87. The Morgan fingerprint density at radius 2 is 1.85 bits per heavy atom. The highest BCUT2D eigenvalue weighted by Crippen LogP contribution is 2.21. The lowest BCUT2D eigenvalue weighted by molar-refractivity contribution is -0.129. The van der Waals surface area contributed by atoms with Gasteiger partial charge in [-0.25, -0.2) is 5.43 Å². The normalized spacial score (nSPS) is 10.8. The summed E-state index contributed by atoms with van der Waals surface area (Å²) in [5.41, 5.74) is 2.74. The lowest BCUT2D eigenvalue weighted by atomic mass is 10.2. The molecule has 0 atom stereocenters. The van der Waals surface area contributed by atoms with Gasteiger partial charge < -0.3 is 5.32 Å². The van der Waals surface area contributed by atoms with Crippen LogP contribution in [0.1, 0.15) is 25.8 Å². The fourth-order valence-corrected chi connectivity index (χ4v) is 1.86. The molecular formula is C13H15Cl2N3O2. The molecule has 0 unspecified atom stereocenters. The van der Waals surface area contributed by atoms with Crippen molar-refractivity contribution in [2.75, 3.05) is 0 Å². The zero-order chi connectivity index (χ0) is 15.1. The molecule has 0 bridgehead atoms. The monoisotopic (exact) mass is 315 g/mol. The minimum absolute atomic E-state index is 0.0132. The lowest BCUT2D eigenvalue weighted by Crippen LogP contribution is -2.34. The quantitative estimate of drug-likeness (QED) is 0.497. The first-order chi connectivity index (χ1) is 9.40. The Labute approximate surface area is 127 Å². The molecule has 0 aliphatic carbocycles. The lowest BCUT2D eigenvalue weighted by Gasteiger charge is -2.07. The van der Waals surface area contributed by atoms with Crippen molar-refractivity contribution in [3.8, 4) is 0 Å². The van der Waals surface area contributed by atoms with Gasteiger partial charge in [0.1, 0.15) is 6.42 Å². The number of carbonyl (C=O) groups is 2. The minimum Gasteiger partial charge on any atom is -0.353 e. The highest BCUT2D eigenvalue weighted by molar-refractivity contribution is 6.38. The second-order valence-electron chi connectivity index (χ2n) is 4.33. The van der Waals surface area contributed by atoms with Crippen LogP contribution >= 0.6 is 23.2 Å². The van der Waals surface area contributed by atoms with Gasteiger partial charge in [0, 0.05) is 11.6 Å². The van der Waals surface area contributed by atoms with Crippen molar-refractivity contribution in [2.24, 2.45) is 5.10 Å². The molecule has 2 amide bonds. The van der Waals surface area contributed by atoms with Crippen LogP contribution < -0.4 is 10.7 Å². The number of rotatable bonds is 5. The molecule has 0 heterocycles. The summed E-state index contributed by atoms with van der Waals surface area (Å²) in [5, 5.41) is 7.18. The fraction of sp³-hybridized carbons (Fsp3) is 0.308. The van der Waals surface area contributed by atoms with Crippen LogP contribution in [0.2, 0.25) is 10.0 Å². The van der Waals surface area contributed by atoms with Crippen LogP contribution in [0.25, 0.3) is 0 Å². The van der Waals surface area contributed by atoms with E-state index in [1.165, 1.54) is 6.21 Å². The number of halogens is 2. The maximum Gasteiger partial charge on any atom is 0.249 e. The van der Waals surface area contributed by atoms with Crippen LogP contribution in [0.5, 0.6) is 0 Å². The molecule has 0 aliphatic rings. The maximum absolute atomic E-state index is 11.4. The van der Waals surface area contributed by atoms with Gasteiger partial charge in [-0.1, -0.05) is 29.3 Å².